The van der Waals surface area contributed by atoms with E-state index in [2.05, 4.69) is 14.9 Å². The summed E-state index contributed by atoms with van der Waals surface area (Å²) in [6.45, 7) is 6.07. The van der Waals surface area contributed by atoms with Crippen LogP contribution >= 0.6 is 0 Å². The zero-order valence-electron chi connectivity index (χ0n) is 14.4. The molecule has 0 spiro atoms. The second kappa shape index (κ2) is 6.59. The van der Waals surface area contributed by atoms with Crippen LogP contribution in [0.1, 0.15) is 24.1 Å². The van der Waals surface area contributed by atoms with Gasteiger partial charge in [0.2, 0.25) is 0 Å². The number of aromatic nitrogens is 4. The molecule has 3 heterocycles. The van der Waals surface area contributed by atoms with E-state index < -0.39 is 0 Å². The van der Waals surface area contributed by atoms with Crippen molar-refractivity contribution in [1.82, 2.24) is 19.1 Å². The Balaban J connectivity index is 1.65. The highest BCUT2D eigenvalue weighted by Crippen LogP contribution is 2.21. The first-order chi connectivity index (χ1) is 11.5. The summed E-state index contributed by atoms with van der Waals surface area (Å²) in [6.07, 6.45) is 5.15. The van der Waals surface area contributed by atoms with Crippen LogP contribution in [0.2, 0.25) is 0 Å². The van der Waals surface area contributed by atoms with Crippen LogP contribution in [0.25, 0.3) is 0 Å². The second-order valence-corrected chi connectivity index (χ2v) is 6.54. The van der Waals surface area contributed by atoms with Gasteiger partial charge in [-0.25, -0.2) is 9.97 Å². The minimum absolute atomic E-state index is 0.0464. The minimum Gasteiger partial charge on any atom is -0.356 e. The molecule has 7 heteroatoms. The largest absolute Gasteiger partial charge is 0.356 e. The highest BCUT2D eigenvalue weighted by Gasteiger charge is 2.21. The molecular weight excluding hydrogens is 306 g/mol. The van der Waals surface area contributed by atoms with Crippen molar-refractivity contribution in [3.8, 4) is 0 Å². The Kier molecular flexibility index (Phi) is 4.51. The number of nitrogens with zero attached hydrogens (tertiary/aromatic N) is 5. The maximum Gasteiger partial charge on any atom is 0.256 e. The van der Waals surface area contributed by atoms with Crippen molar-refractivity contribution < 1.29 is 0 Å². The summed E-state index contributed by atoms with van der Waals surface area (Å²) >= 11 is 0. The summed E-state index contributed by atoms with van der Waals surface area (Å²) in [5.74, 6) is 1.18. The molecule has 3 rings (SSSR count). The maximum atomic E-state index is 12.3. The van der Waals surface area contributed by atoms with Crippen LogP contribution in [0.15, 0.2) is 28.3 Å². The number of anilines is 1. The molecule has 7 nitrogen and oxygen atoms in total. The van der Waals surface area contributed by atoms with Crippen molar-refractivity contribution in [1.29, 1.82) is 0 Å². The van der Waals surface area contributed by atoms with Crippen LogP contribution in [-0.2, 0) is 13.6 Å². The van der Waals surface area contributed by atoms with E-state index >= 15 is 0 Å². The van der Waals surface area contributed by atoms with Gasteiger partial charge in [0, 0.05) is 44.0 Å². The first-order valence-electron chi connectivity index (χ1n) is 8.26. The van der Waals surface area contributed by atoms with Crippen molar-refractivity contribution >= 4 is 5.82 Å². The van der Waals surface area contributed by atoms with Gasteiger partial charge in [-0.2, -0.15) is 0 Å². The van der Waals surface area contributed by atoms with Crippen LogP contribution in [-0.4, -0.2) is 32.2 Å². The maximum absolute atomic E-state index is 12.3. The van der Waals surface area contributed by atoms with E-state index in [0.717, 1.165) is 43.0 Å². The molecule has 128 valence electrons. The van der Waals surface area contributed by atoms with E-state index in [4.69, 9.17) is 0 Å². The number of aryl methyl sites for hydroxylation is 2. The second-order valence-electron chi connectivity index (χ2n) is 6.54. The molecule has 1 aliphatic rings. The zero-order valence-corrected chi connectivity index (χ0v) is 14.4. The number of piperidine rings is 1. The molecule has 0 saturated carbocycles. The molecule has 0 radical (unpaired) electrons. The van der Waals surface area contributed by atoms with Crippen molar-refractivity contribution in [3.05, 3.63) is 50.7 Å². The van der Waals surface area contributed by atoms with Crippen molar-refractivity contribution in [2.75, 3.05) is 18.0 Å². The van der Waals surface area contributed by atoms with Gasteiger partial charge in [0.15, 0.2) is 0 Å². The van der Waals surface area contributed by atoms with Gasteiger partial charge in [0.25, 0.3) is 11.1 Å². The van der Waals surface area contributed by atoms with Gasteiger partial charge in [0.1, 0.15) is 5.82 Å². The van der Waals surface area contributed by atoms with E-state index in [1.807, 2.05) is 13.8 Å². The summed E-state index contributed by atoms with van der Waals surface area (Å²) in [5, 5.41) is 0. The Hall–Kier alpha value is -2.44. The van der Waals surface area contributed by atoms with E-state index in [1.54, 1.807) is 30.3 Å². The fourth-order valence-electron chi connectivity index (χ4n) is 3.05. The standard InChI is InChI=1S/C17H23N5O2/c1-12-13(2)18-11-22(17(12)24)9-14-4-6-21(7-5-14)15-8-16(23)20(3)10-19-15/h8,10-11,14H,4-7,9H2,1-3H3. The third kappa shape index (κ3) is 3.25. The normalized spacial score (nSPS) is 15.7. The molecule has 2 aromatic heterocycles. The Bertz CT molecular complexity index is 847. The molecule has 0 bridgehead atoms. The third-order valence-electron chi connectivity index (χ3n) is 4.87. The molecule has 0 aliphatic carbocycles. The van der Waals surface area contributed by atoms with E-state index in [9.17, 15) is 9.59 Å². The Morgan fingerprint density at radius 3 is 2.50 bits per heavy atom. The molecule has 2 aromatic rings. The van der Waals surface area contributed by atoms with Crippen LogP contribution in [0, 0.1) is 19.8 Å². The van der Waals surface area contributed by atoms with E-state index in [1.165, 1.54) is 4.57 Å². The van der Waals surface area contributed by atoms with Crippen molar-refractivity contribution in [2.24, 2.45) is 13.0 Å². The predicted molar refractivity (Wildman–Crippen MR) is 92.4 cm³/mol. The Labute approximate surface area is 140 Å². The molecule has 0 aromatic carbocycles. The molecule has 1 saturated heterocycles. The van der Waals surface area contributed by atoms with E-state index in [-0.39, 0.29) is 11.1 Å². The fraction of sp³-hybridized carbons (Fsp3) is 0.529. The average Bonchev–Trinajstić information content (AvgIpc) is 2.58. The lowest BCUT2D eigenvalue weighted by Crippen LogP contribution is -2.38. The van der Waals surface area contributed by atoms with Gasteiger partial charge < -0.3 is 9.47 Å². The lowest BCUT2D eigenvalue weighted by atomic mass is 9.96. The topological polar surface area (TPSA) is 73.0 Å². The molecular formula is C17H23N5O2. The number of hydrogen-bond donors (Lipinski definition) is 0. The zero-order chi connectivity index (χ0) is 17.3. The van der Waals surface area contributed by atoms with Gasteiger partial charge in [0.05, 0.1) is 12.7 Å². The molecule has 0 N–H and O–H groups in total. The quantitative estimate of drug-likeness (QED) is 0.835. The molecule has 1 fully saturated rings. The van der Waals surface area contributed by atoms with E-state index in [0.29, 0.717) is 12.5 Å². The first kappa shape index (κ1) is 16.4. The minimum atomic E-state index is -0.0464. The summed E-state index contributed by atoms with van der Waals surface area (Å²) in [7, 11) is 1.70. The van der Waals surface area contributed by atoms with Crippen LogP contribution in [0.5, 0.6) is 0 Å². The summed E-state index contributed by atoms with van der Waals surface area (Å²) in [5.41, 5.74) is 1.52. The van der Waals surface area contributed by atoms with Crippen LogP contribution in [0.4, 0.5) is 5.82 Å². The van der Waals surface area contributed by atoms with Gasteiger partial charge in [-0.05, 0) is 32.6 Å². The lowest BCUT2D eigenvalue weighted by molar-refractivity contribution is 0.349. The summed E-state index contributed by atoms with van der Waals surface area (Å²) in [6, 6.07) is 1.58. The van der Waals surface area contributed by atoms with Gasteiger partial charge in [-0.3, -0.25) is 14.2 Å². The van der Waals surface area contributed by atoms with Crippen molar-refractivity contribution in [2.45, 2.75) is 33.2 Å². The van der Waals surface area contributed by atoms with Crippen molar-refractivity contribution in [3.63, 3.8) is 0 Å². The highest BCUT2D eigenvalue weighted by molar-refractivity contribution is 5.37. The molecule has 0 unspecified atom stereocenters. The highest BCUT2D eigenvalue weighted by atomic mass is 16.1. The SMILES string of the molecule is Cc1ncn(CC2CCN(c3cc(=O)n(C)cn3)CC2)c(=O)c1C. The molecule has 1 aliphatic heterocycles. The first-order valence-corrected chi connectivity index (χ1v) is 8.26. The smallest absolute Gasteiger partial charge is 0.256 e. The summed E-state index contributed by atoms with van der Waals surface area (Å²) < 4.78 is 3.19. The Morgan fingerprint density at radius 2 is 1.83 bits per heavy atom. The predicted octanol–water partition coefficient (Wildman–Crippen LogP) is 0.870. The lowest BCUT2D eigenvalue weighted by Gasteiger charge is -2.32. The Morgan fingerprint density at radius 1 is 1.12 bits per heavy atom. The van der Waals surface area contributed by atoms with Gasteiger partial charge >= 0.3 is 0 Å². The monoisotopic (exact) mass is 329 g/mol. The van der Waals surface area contributed by atoms with Crippen LogP contribution in [0.3, 0.4) is 0 Å². The average molecular weight is 329 g/mol. The number of hydrogen-bond acceptors (Lipinski definition) is 5. The number of rotatable bonds is 3. The molecule has 24 heavy (non-hydrogen) atoms. The molecule has 0 atom stereocenters. The summed E-state index contributed by atoms with van der Waals surface area (Å²) in [4.78, 5) is 34.8. The van der Waals surface area contributed by atoms with Gasteiger partial charge in [-0.1, -0.05) is 0 Å². The van der Waals surface area contributed by atoms with Gasteiger partial charge in [-0.15, -0.1) is 0 Å². The van der Waals surface area contributed by atoms with Crippen LogP contribution < -0.4 is 16.0 Å². The third-order valence-corrected chi connectivity index (χ3v) is 4.87. The fourth-order valence-corrected chi connectivity index (χ4v) is 3.05. The molecule has 0 amide bonds.